The molecule has 0 aliphatic carbocycles. The molecule has 0 radical (unpaired) electrons. The summed E-state index contributed by atoms with van der Waals surface area (Å²) >= 11 is 0. The third-order valence-electron chi connectivity index (χ3n) is 5.10. The van der Waals surface area contributed by atoms with Crippen molar-refractivity contribution in [1.82, 2.24) is 15.2 Å². The number of furan rings is 1. The maximum atomic E-state index is 13.1. The number of hydrogen-bond donors (Lipinski definition) is 1. The Morgan fingerprint density at radius 1 is 1.31 bits per heavy atom. The molecule has 1 aliphatic rings. The van der Waals surface area contributed by atoms with Gasteiger partial charge in [-0.1, -0.05) is 0 Å². The number of oxazole rings is 1. The maximum absolute atomic E-state index is 13.1. The van der Waals surface area contributed by atoms with E-state index in [0.29, 0.717) is 53.3 Å². The fraction of sp³-hybridized carbons (Fsp3) is 0.435. The van der Waals surface area contributed by atoms with Crippen molar-refractivity contribution in [3.8, 4) is 5.75 Å². The smallest absolute Gasteiger partial charge is 0.410 e. The van der Waals surface area contributed by atoms with Crippen molar-refractivity contribution in [3.63, 3.8) is 0 Å². The summed E-state index contributed by atoms with van der Waals surface area (Å²) in [6.45, 7) is 8.41. The second-order valence-corrected chi connectivity index (χ2v) is 8.83. The number of ether oxygens (including phenoxy) is 2. The van der Waals surface area contributed by atoms with Crippen LogP contribution in [0.4, 0.5) is 4.79 Å². The molecule has 1 aromatic carbocycles. The van der Waals surface area contributed by atoms with Gasteiger partial charge >= 0.3 is 6.09 Å². The number of aryl methyl sites for hydroxylation is 1. The molecule has 2 aromatic heterocycles. The Balaban J connectivity index is 1.44. The Labute approximate surface area is 185 Å². The van der Waals surface area contributed by atoms with Crippen molar-refractivity contribution in [2.75, 3.05) is 13.1 Å². The van der Waals surface area contributed by atoms with Gasteiger partial charge in [-0.15, -0.1) is 0 Å². The molecule has 0 saturated carbocycles. The number of hydrogen-bond acceptors (Lipinski definition) is 7. The summed E-state index contributed by atoms with van der Waals surface area (Å²) in [5.41, 5.74) is 0.501. The summed E-state index contributed by atoms with van der Waals surface area (Å²) in [4.78, 5) is 30.9. The van der Waals surface area contributed by atoms with E-state index in [4.69, 9.17) is 18.3 Å². The van der Waals surface area contributed by atoms with Gasteiger partial charge in [0.15, 0.2) is 12.2 Å². The largest absolute Gasteiger partial charge is 0.486 e. The molecular formula is C23H27N3O6. The first-order valence-electron chi connectivity index (χ1n) is 10.5. The van der Waals surface area contributed by atoms with Gasteiger partial charge in [0.1, 0.15) is 29.3 Å². The van der Waals surface area contributed by atoms with Gasteiger partial charge in [-0.05, 0) is 52.3 Å². The molecule has 2 amide bonds. The Kier molecular flexibility index (Phi) is 5.82. The number of amides is 2. The number of nitrogens with zero attached hydrogens (tertiary/aromatic N) is 2. The number of nitrogens with one attached hydrogen (secondary N) is 1. The molecule has 3 aromatic rings. The topological polar surface area (TPSA) is 107 Å². The molecule has 4 rings (SSSR count). The van der Waals surface area contributed by atoms with Crippen molar-refractivity contribution in [1.29, 1.82) is 0 Å². The number of carbonyl (C=O) groups excluding carboxylic acids is 2. The van der Waals surface area contributed by atoms with Gasteiger partial charge in [0.05, 0.1) is 11.8 Å². The maximum Gasteiger partial charge on any atom is 0.410 e. The molecule has 3 heterocycles. The first-order valence-corrected chi connectivity index (χ1v) is 10.5. The first kappa shape index (κ1) is 21.7. The van der Waals surface area contributed by atoms with E-state index in [0.717, 1.165) is 0 Å². The van der Waals surface area contributed by atoms with E-state index in [1.165, 1.54) is 6.39 Å². The van der Waals surface area contributed by atoms with Crippen LogP contribution in [0.3, 0.4) is 0 Å². The van der Waals surface area contributed by atoms with Crippen molar-refractivity contribution in [2.45, 2.75) is 52.4 Å². The molecule has 0 unspecified atom stereocenters. The number of benzene rings is 1. The first-order chi connectivity index (χ1) is 15.2. The van der Waals surface area contributed by atoms with Gasteiger partial charge in [0.25, 0.3) is 5.91 Å². The summed E-state index contributed by atoms with van der Waals surface area (Å²) in [6, 6.07) is 5.16. The minimum atomic E-state index is -0.557. The molecule has 0 bridgehead atoms. The highest BCUT2D eigenvalue weighted by Gasteiger charge is 2.31. The molecule has 1 N–H and O–H groups in total. The van der Waals surface area contributed by atoms with E-state index >= 15 is 0 Å². The van der Waals surface area contributed by atoms with Crippen LogP contribution < -0.4 is 10.1 Å². The summed E-state index contributed by atoms with van der Waals surface area (Å²) in [5.74, 6) is 1.46. The Morgan fingerprint density at radius 2 is 2.12 bits per heavy atom. The zero-order valence-electron chi connectivity index (χ0n) is 18.6. The van der Waals surface area contributed by atoms with Crippen LogP contribution in [0.15, 0.2) is 39.6 Å². The highest BCUT2D eigenvalue weighted by molar-refractivity contribution is 6.07. The molecule has 9 heteroatoms. The van der Waals surface area contributed by atoms with Crippen molar-refractivity contribution >= 4 is 23.0 Å². The number of aromatic nitrogens is 1. The van der Waals surface area contributed by atoms with Crippen LogP contribution >= 0.6 is 0 Å². The van der Waals surface area contributed by atoms with Gasteiger partial charge in [-0.2, -0.15) is 0 Å². The number of fused-ring (bicyclic) bond motifs is 1. The van der Waals surface area contributed by atoms with Crippen LogP contribution in [0.1, 0.15) is 49.1 Å². The van der Waals surface area contributed by atoms with Crippen LogP contribution in [0.25, 0.3) is 11.0 Å². The van der Waals surface area contributed by atoms with Crippen LogP contribution in [0.2, 0.25) is 0 Å². The Morgan fingerprint density at radius 3 is 2.84 bits per heavy atom. The highest BCUT2D eigenvalue weighted by atomic mass is 16.6. The highest BCUT2D eigenvalue weighted by Crippen LogP contribution is 2.30. The van der Waals surface area contributed by atoms with E-state index in [-0.39, 0.29) is 24.6 Å². The molecule has 1 saturated heterocycles. The monoisotopic (exact) mass is 441 g/mol. The number of rotatable bonds is 5. The lowest BCUT2D eigenvalue weighted by Crippen LogP contribution is -2.40. The van der Waals surface area contributed by atoms with E-state index in [1.807, 2.05) is 20.8 Å². The summed E-state index contributed by atoms with van der Waals surface area (Å²) in [7, 11) is 0. The molecule has 32 heavy (non-hydrogen) atoms. The SMILES string of the molecule is Cc1oc2ccc(OCc3cnco3)cc2c1C(=O)N[C@H]1CCN(C(=O)OC(C)(C)C)C1. The summed E-state index contributed by atoms with van der Waals surface area (Å²) in [5, 5.41) is 3.69. The quantitative estimate of drug-likeness (QED) is 0.636. The molecule has 0 spiro atoms. The molecular weight excluding hydrogens is 414 g/mol. The Bertz CT molecular complexity index is 1110. The average molecular weight is 441 g/mol. The average Bonchev–Trinajstić information content (AvgIpc) is 3.44. The molecule has 1 atom stereocenters. The van der Waals surface area contributed by atoms with Gasteiger partial charge in [0.2, 0.25) is 0 Å². The number of carbonyl (C=O) groups is 2. The van der Waals surface area contributed by atoms with Crippen LogP contribution in [-0.2, 0) is 11.3 Å². The van der Waals surface area contributed by atoms with Gasteiger partial charge in [-0.25, -0.2) is 9.78 Å². The normalized spacial score (nSPS) is 16.4. The second-order valence-electron chi connectivity index (χ2n) is 8.83. The van der Waals surface area contributed by atoms with E-state index in [9.17, 15) is 9.59 Å². The van der Waals surface area contributed by atoms with Gasteiger partial charge in [-0.3, -0.25) is 4.79 Å². The lowest BCUT2D eigenvalue weighted by atomic mass is 10.1. The van der Waals surface area contributed by atoms with Crippen LogP contribution in [-0.4, -0.2) is 46.6 Å². The predicted molar refractivity (Wildman–Crippen MR) is 115 cm³/mol. The summed E-state index contributed by atoms with van der Waals surface area (Å²) in [6.07, 6.45) is 3.22. The number of likely N-dealkylation sites (tertiary alicyclic amines) is 1. The third kappa shape index (κ3) is 4.87. The third-order valence-corrected chi connectivity index (χ3v) is 5.10. The predicted octanol–water partition coefficient (Wildman–Crippen LogP) is 4.05. The molecule has 1 fully saturated rings. The van der Waals surface area contributed by atoms with Crippen LogP contribution in [0.5, 0.6) is 5.75 Å². The zero-order chi connectivity index (χ0) is 22.9. The zero-order valence-corrected chi connectivity index (χ0v) is 18.6. The van der Waals surface area contributed by atoms with Gasteiger partial charge in [0, 0.05) is 24.5 Å². The molecule has 170 valence electrons. The fourth-order valence-corrected chi connectivity index (χ4v) is 3.67. The van der Waals surface area contributed by atoms with Crippen molar-refractivity contribution in [2.24, 2.45) is 0 Å². The van der Waals surface area contributed by atoms with E-state index in [1.54, 1.807) is 36.2 Å². The standard InChI is InChI=1S/C23H27N3O6/c1-14-20(21(27)25-15-7-8-26(11-15)22(28)32-23(2,3)4)18-9-16(5-6-19(18)31-14)29-12-17-10-24-13-30-17/h5-6,9-10,13,15H,7-8,11-12H2,1-4H3,(H,25,27)/t15-/m0/s1. The van der Waals surface area contributed by atoms with Crippen LogP contribution in [0, 0.1) is 6.92 Å². The minimum absolute atomic E-state index is 0.162. The summed E-state index contributed by atoms with van der Waals surface area (Å²) < 4.78 is 22.1. The van der Waals surface area contributed by atoms with E-state index < -0.39 is 5.60 Å². The lowest BCUT2D eigenvalue weighted by molar-refractivity contribution is 0.0290. The molecule has 1 aliphatic heterocycles. The Hall–Kier alpha value is -3.49. The minimum Gasteiger partial charge on any atom is -0.486 e. The fourth-order valence-electron chi connectivity index (χ4n) is 3.67. The van der Waals surface area contributed by atoms with Crippen molar-refractivity contribution < 1.29 is 27.9 Å². The molecule has 9 nitrogen and oxygen atoms in total. The van der Waals surface area contributed by atoms with Gasteiger partial charge < -0.3 is 28.5 Å². The second kappa shape index (κ2) is 8.57. The van der Waals surface area contributed by atoms with E-state index in [2.05, 4.69) is 10.3 Å². The lowest BCUT2D eigenvalue weighted by Gasteiger charge is -2.24. The van der Waals surface area contributed by atoms with Crippen molar-refractivity contribution in [3.05, 3.63) is 47.9 Å².